The Hall–Kier alpha value is -1.89. The number of hydrogen-bond acceptors (Lipinski definition) is 1. The molecule has 0 spiro atoms. The Kier molecular flexibility index (Phi) is 3.57. The summed E-state index contributed by atoms with van der Waals surface area (Å²) < 4.78 is 0. The highest BCUT2D eigenvalue weighted by Gasteiger charge is 2.13. The first-order valence-electron chi connectivity index (χ1n) is 6.60. The number of carbonyl (C=O) groups is 1. The van der Waals surface area contributed by atoms with Crippen LogP contribution in [0.5, 0.6) is 0 Å². The minimum absolute atomic E-state index is 0.106. The van der Waals surface area contributed by atoms with Gasteiger partial charge in [0, 0.05) is 5.56 Å². The molecule has 0 radical (unpaired) electrons. The lowest BCUT2D eigenvalue weighted by atomic mass is 9.85. The van der Waals surface area contributed by atoms with Gasteiger partial charge in [0.1, 0.15) is 0 Å². The molecule has 0 saturated heterocycles. The van der Waals surface area contributed by atoms with Gasteiger partial charge in [-0.1, -0.05) is 69.3 Å². The van der Waals surface area contributed by atoms with E-state index in [2.05, 4.69) is 45.0 Å². The van der Waals surface area contributed by atoms with Crippen LogP contribution in [0.4, 0.5) is 0 Å². The van der Waals surface area contributed by atoms with Crippen LogP contribution in [0, 0.1) is 0 Å². The number of ketones is 1. The van der Waals surface area contributed by atoms with Gasteiger partial charge in [-0.25, -0.2) is 0 Å². The van der Waals surface area contributed by atoms with Crippen LogP contribution in [0.1, 0.15) is 43.6 Å². The quantitative estimate of drug-likeness (QED) is 0.698. The molecule has 0 atom stereocenters. The molecule has 0 saturated carbocycles. The normalized spacial score (nSPS) is 11.4. The summed E-state index contributed by atoms with van der Waals surface area (Å²) in [5.74, 6) is 0.106. The summed E-state index contributed by atoms with van der Waals surface area (Å²) in [6, 6.07) is 16.4. The summed E-state index contributed by atoms with van der Waals surface area (Å²) in [5.41, 5.74) is 4.57. The van der Waals surface area contributed by atoms with Crippen LogP contribution < -0.4 is 0 Å². The van der Waals surface area contributed by atoms with Gasteiger partial charge < -0.3 is 0 Å². The maximum Gasteiger partial charge on any atom is 0.159 e. The zero-order valence-electron chi connectivity index (χ0n) is 12.0. The van der Waals surface area contributed by atoms with Crippen molar-refractivity contribution in [3.05, 3.63) is 59.7 Å². The number of rotatable bonds is 2. The SMILES string of the molecule is CC(=O)c1ccc(-c2cccc(C(C)(C)C)c2)cc1. The van der Waals surface area contributed by atoms with E-state index in [4.69, 9.17) is 0 Å². The minimum atomic E-state index is 0.106. The number of carbonyl (C=O) groups excluding carboxylic acids is 1. The second kappa shape index (κ2) is 5.00. The Labute approximate surface area is 115 Å². The Balaban J connectivity index is 2.39. The van der Waals surface area contributed by atoms with Gasteiger partial charge >= 0.3 is 0 Å². The lowest BCUT2D eigenvalue weighted by Crippen LogP contribution is -2.10. The van der Waals surface area contributed by atoms with Crippen LogP contribution in [0.2, 0.25) is 0 Å². The third kappa shape index (κ3) is 3.11. The van der Waals surface area contributed by atoms with Crippen molar-refractivity contribution in [2.45, 2.75) is 33.1 Å². The molecule has 2 aromatic rings. The average molecular weight is 252 g/mol. The Morgan fingerprint density at radius 3 is 2.05 bits per heavy atom. The van der Waals surface area contributed by atoms with E-state index in [0.717, 1.165) is 11.1 Å². The van der Waals surface area contributed by atoms with E-state index in [9.17, 15) is 4.79 Å². The summed E-state index contributed by atoms with van der Waals surface area (Å²) in [5, 5.41) is 0. The second-order valence-electron chi connectivity index (χ2n) is 5.96. The molecule has 0 amide bonds. The van der Waals surface area contributed by atoms with Gasteiger partial charge in [-0.15, -0.1) is 0 Å². The van der Waals surface area contributed by atoms with Crippen molar-refractivity contribution < 1.29 is 4.79 Å². The fourth-order valence-corrected chi connectivity index (χ4v) is 2.06. The summed E-state index contributed by atoms with van der Waals surface area (Å²) in [6.45, 7) is 8.23. The van der Waals surface area contributed by atoms with Gasteiger partial charge in [-0.05, 0) is 29.0 Å². The molecule has 1 heteroatoms. The van der Waals surface area contributed by atoms with Crippen molar-refractivity contribution in [3.8, 4) is 11.1 Å². The highest BCUT2D eigenvalue weighted by atomic mass is 16.1. The van der Waals surface area contributed by atoms with Gasteiger partial charge in [0.2, 0.25) is 0 Å². The predicted molar refractivity (Wildman–Crippen MR) is 80.6 cm³/mol. The lowest BCUT2D eigenvalue weighted by Gasteiger charge is -2.19. The minimum Gasteiger partial charge on any atom is -0.295 e. The highest BCUT2D eigenvalue weighted by Crippen LogP contribution is 2.27. The fourth-order valence-electron chi connectivity index (χ4n) is 2.06. The molecule has 0 heterocycles. The maximum absolute atomic E-state index is 11.3. The van der Waals surface area contributed by atoms with E-state index in [1.54, 1.807) is 6.92 Å². The van der Waals surface area contributed by atoms with Crippen LogP contribution in [0.3, 0.4) is 0 Å². The molecule has 0 unspecified atom stereocenters. The fraction of sp³-hybridized carbons (Fsp3) is 0.278. The Morgan fingerprint density at radius 1 is 0.895 bits per heavy atom. The average Bonchev–Trinajstić information content (AvgIpc) is 2.38. The molecule has 2 aromatic carbocycles. The van der Waals surface area contributed by atoms with Crippen LogP contribution in [-0.2, 0) is 5.41 Å². The van der Waals surface area contributed by atoms with Crippen LogP contribution in [0.25, 0.3) is 11.1 Å². The number of benzene rings is 2. The first kappa shape index (κ1) is 13.5. The first-order valence-corrected chi connectivity index (χ1v) is 6.60. The molecular formula is C18H20O. The van der Waals surface area contributed by atoms with Crippen molar-refractivity contribution in [1.82, 2.24) is 0 Å². The summed E-state index contributed by atoms with van der Waals surface area (Å²) >= 11 is 0. The van der Waals surface area contributed by atoms with E-state index in [1.807, 2.05) is 24.3 Å². The number of hydrogen-bond donors (Lipinski definition) is 0. The summed E-state index contributed by atoms with van der Waals surface area (Å²) in [7, 11) is 0. The molecule has 1 nitrogen and oxygen atoms in total. The van der Waals surface area contributed by atoms with Gasteiger partial charge in [0.15, 0.2) is 5.78 Å². The zero-order chi connectivity index (χ0) is 14.0. The van der Waals surface area contributed by atoms with Crippen molar-refractivity contribution in [3.63, 3.8) is 0 Å². The van der Waals surface area contributed by atoms with Gasteiger partial charge in [-0.3, -0.25) is 4.79 Å². The Morgan fingerprint density at radius 2 is 1.53 bits per heavy atom. The second-order valence-corrected chi connectivity index (χ2v) is 5.96. The van der Waals surface area contributed by atoms with Crippen molar-refractivity contribution in [2.24, 2.45) is 0 Å². The zero-order valence-corrected chi connectivity index (χ0v) is 12.0. The summed E-state index contributed by atoms with van der Waals surface area (Å²) in [4.78, 5) is 11.3. The maximum atomic E-state index is 11.3. The van der Waals surface area contributed by atoms with Gasteiger partial charge in [0.05, 0.1) is 0 Å². The molecule has 0 aliphatic carbocycles. The summed E-state index contributed by atoms with van der Waals surface area (Å²) in [6.07, 6.45) is 0. The lowest BCUT2D eigenvalue weighted by molar-refractivity contribution is 0.101. The van der Waals surface area contributed by atoms with E-state index >= 15 is 0 Å². The van der Waals surface area contributed by atoms with E-state index in [-0.39, 0.29) is 11.2 Å². The number of Topliss-reactive ketones (excluding diaryl/α,β-unsaturated/α-hetero) is 1. The highest BCUT2D eigenvalue weighted by molar-refractivity contribution is 5.94. The molecule has 0 bridgehead atoms. The molecule has 2 rings (SSSR count). The molecule has 0 aliphatic heterocycles. The molecule has 19 heavy (non-hydrogen) atoms. The molecule has 0 fully saturated rings. The standard InChI is InChI=1S/C18H20O/c1-13(19)14-8-10-15(11-9-14)16-6-5-7-17(12-16)18(2,3)4/h5-12H,1-4H3. The van der Waals surface area contributed by atoms with Crippen LogP contribution >= 0.6 is 0 Å². The molecular weight excluding hydrogens is 232 g/mol. The van der Waals surface area contributed by atoms with E-state index in [1.165, 1.54) is 11.1 Å². The van der Waals surface area contributed by atoms with Crippen molar-refractivity contribution in [2.75, 3.05) is 0 Å². The molecule has 98 valence electrons. The van der Waals surface area contributed by atoms with Gasteiger partial charge in [-0.2, -0.15) is 0 Å². The smallest absolute Gasteiger partial charge is 0.159 e. The van der Waals surface area contributed by atoms with Gasteiger partial charge in [0.25, 0.3) is 0 Å². The first-order chi connectivity index (χ1) is 8.88. The third-order valence-electron chi connectivity index (χ3n) is 3.35. The van der Waals surface area contributed by atoms with Crippen LogP contribution in [-0.4, -0.2) is 5.78 Å². The van der Waals surface area contributed by atoms with E-state index in [0.29, 0.717) is 0 Å². The topological polar surface area (TPSA) is 17.1 Å². The largest absolute Gasteiger partial charge is 0.295 e. The monoisotopic (exact) mass is 252 g/mol. The molecule has 0 aliphatic rings. The third-order valence-corrected chi connectivity index (χ3v) is 3.35. The predicted octanol–water partition coefficient (Wildman–Crippen LogP) is 4.85. The van der Waals surface area contributed by atoms with Crippen molar-refractivity contribution in [1.29, 1.82) is 0 Å². The Bertz CT molecular complexity index is 586. The van der Waals surface area contributed by atoms with Crippen molar-refractivity contribution >= 4 is 5.78 Å². The molecule has 0 N–H and O–H groups in total. The molecule has 0 aromatic heterocycles. The van der Waals surface area contributed by atoms with Crippen LogP contribution in [0.15, 0.2) is 48.5 Å². The van der Waals surface area contributed by atoms with E-state index < -0.39 is 0 Å².